The summed E-state index contributed by atoms with van der Waals surface area (Å²) in [6.45, 7) is 2.21. The van der Waals surface area contributed by atoms with Gasteiger partial charge in [0.15, 0.2) is 6.29 Å². The minimum absolute atomic E-state index is 0.323. The fourth-order valence-corrected chi connectivity index (χ4v) is 1.64. The van der Waals surface area contributed by atoms with Gasteiger partial charge in [-0.25, -0.2) is 4.98 Å². The normalized spacial score (nSPS) is 10.1. The van der Waals surface area contributed by atoms with E-state index in [0.29, 0.717) is 29.4 Å². The van der Waals surface area contributed by atoms with Crippen molar-refractivity contribution < 1.29 is 9.53 Å². The second kappa shape index (κ2) is 5.65. The van der Waals surface area contributed by atoms with E-state index in [2.05, 4.69) is 4.98 Å². The van der Waals surface area contributed by atoms with Crippen LogP contribution in [0.1, 0.15) is 21.7 Å². The Labute approximate surface area is 110 Å². The third-order valence-corrected chi connectivity index (χ3v) is 2.70. The fourth-order valence-electron chi connectivity index (χ4n) is 1.51. The first-order valence-electron chi connectivity index (χ1n) is 5.49. The molecule has 0 aliphatic carbocycles. The number of hydrogen-bond acceptors (Lipinski definition) is 3. The lowest BCUT2D eigenvalue weighted by Crippen LogP contribution is -2.00. The molecule has 2 aromatic rings. The summed E-state index contributed by atoms with van der Waals surface area (Å²) in [7, 11) is 0. The highest BCUT2D eigenvalue weighted by Gasteiger charge is 2.05. The van der Waals surface area contributed by atoms with Gasteiger partial charge in [-0.1, -0.05) is 23.7 Å². The molecule has 0 saturated heterocycles. The predicted molar refractivity (Wildman–Crippen MR) is 70.1 cm³/mol. The molecule has 3 nitrogen and oxygen atoms in total. The average Bonchev–Trinajstić information content (AvgIpc) is 2.39. The van der Waals surface area contributed by atoms with Gasteiger partial charge < -0.3 is 4.74 Å². The Hall–Kier alpha value is -1.87. The van der Waals surface area contributed by atoms with E-state index in [0.717, 1.165) is 11.3 Å². The molecule has 0 spiro atoms. The molecule has 0 unspecified atom stereocenters. The van der Waals surface area contributed by atoms with Crippen LogP contribution in [-0.4, -0.2) is 11.3 Å². The average molecular weight is 262 g/mol. The van der Waals surface area contributed by atoms with Crippen LogP contribution < -0.4 is 4.74 Å². The molecule has 0 radical (unpaired) electrons. The van der Waals surface area contributed by atoms with Crippen molar-refractivity contribution >= 4 is 17.9 Å². The van der Waals surface area contributed by atoms with Crippen molar-refractivity contribution in [3.63, 3.8) is 0 Å². The Kier molecular flexibility index (Phi) is 3.95. The minimum atomic E-state index is 0.323. The predicted octanol–water partition coefficient (Wildman–Crippen LogP) is 3.43. The number of hydrogen-bond donors (Lipinski definition) is 0. The van der Waals surface area contributed by atoms with Crippen molar-refractivity contribution in [3.8, 4) is 5.75 Å². The van der Waals surface area contributed by atoms with E-state index in [1.807, 2.05) is 25.1 Å². The van der Waals surface area contributed by atoms with Gasteiger partial charge in [-0.2, -0.15) is 0 Å². The summed E-state index contributed by atoms with van der Waals surface area (Å²) >= 11 is 5.80. The van der Waals surface area contributed by atoms with Crippen molar-refractivity contribution in [1.82, 2.24) is 4.98 Å². The van der Waals surface area contributed by atoms with Crippen LogP contribution in [0.5, 0.6) is 5.75 Å². The molecule has 0 saturated carbocycles. The number of rotatable bonds is 4. The third kappa shape index (κ3) is 3.08. The molecule has 1 aromatic carbocycles. The molecule has 1 heterocycles. The van der Waals surface area contributed by atoms with Gasteiger partial charge in [-0.15, -0.1) is 0 Å². The van der Waals surface area contributed by atoms with Gasteiger partial charge in [0, 0.05) is 10.7 Å². The number of carbonyl (C=O) groups is 1. The van der Waals surface area contributed by atoms with Crippen LogP contribution >= 0.6 is 11.6 Å². The quantitative estimate of drug-likeness (QED) is 0.792. The topological polar surface area (TPSA) is 39.2 Å². The molecule has 0 N–H and O–H groups in total. The minimum Gasteiger partial charge on any atom is -0.487 e. The molecule has 0 aliphatic heterocycles. The van der Waals surface area contributed by atoms with Gasteiger partial charge in [-0.3, -0.25) is 4.79 Å². The molecular formula is C14H12ClNO2. The summed E-state index contributed by atoms with van der Waals surface area (Å²) < 4.78 is 5.57. The van der Waals surface area contributed by atoms with E-state index in [-0.39, 0.29) is 0 Å². The molecule has 1 aromatic heterocycles. The lowest BCUT2D eigenvalue weighted by atomic mass is 10.2. The van der Waals surface area contributed by atoms with Crippen molar-refractivity contribution in [2.75, 3.05) is 0 Å². The lowest BCUT2D eigenvalue weighted by Gasteiger charge is -2.08. The van der Waals surface area contributed by atoms with Crippen molar-refractivity contribution in [2.45, 2.75) is 13.5 Å². The smallest absolute Gasteiger partial charge is 0.172 e. The zero-order valence-corrected chi connectivity index (χ0v) is 10.6. The van der Waals surface area contributed by atoms with Crippen LogP contribution in [0.25, 0.3) is 0 Å². The van der Waals surface area contributed by atoms with Crippen LogP contribution in [-0.2, 0) is 6.61 Å². The third-order valence-electron chi connectivity index (χ3n) is 2.44. The van der Waals surface area contributed by atoms with E-state index in [4.69, 9.17) is 16.3 Å². The Bertz CT molecular complexity index is 552. The second-order valence-corrected chi connectivity index (χ2v) is 4.31. The molecular weight excluding hydrogens is 250 g/mol. The molecule has 18 heavy (non-hydrogen) atoms. The van der Waals surface area contributed by atoms with Gasteiger partial charge >= 0.3 is 0 Å². The number of ether oxygens (including phenoxy) is 1. The van der Waals surface area contributed by atoms with Crippen LogP contribution in [0.2, 0.25) is 5.02 Å². The largest absolute Gasteiger partial charge is 0.487 e. The van der Waals surface area contributed by atoms with Crippen molar-refractivity contribution in [3.05, 3.63) is 58.4 Å². The first kappa shape index (κ1) is 12.6. The summed E-state index contributed by atoms with van der Waals surface area (Å²) in [6, 6.07) is 10.9. The van der Waals surface area contributed by atoms with Gasteiger partial charge in [-0.05, 0) is 36.8 Å². The molecule has 0 amide bonds. The van der Waals surface area contributed by atoms with E-state index >= 15 is 0 Å². The second-order valence-electron chi connectivity index (χ2n) is 3.87. The number of carbonyl (C=O) groups excluding carboxylic acids is 1. The number of aldehydes is 1. The number of nitrogens with zero attached hydrogens (tertiary/aromatic N) is 1. The Morgan fingerprint density at radius 3 is 2.61 bits per heavy atom. The number of aromatic nitrogens is 1. The van der Waals surface area contributed by atoms with Crippen molar-refractivity contribution in [1.29, 1.82) is 0 Å². The molecule has 92 valence electrons. The van der Waals surface area contributed by atoms with Crippen LogP contribution in [0.4, 0.5) is 0 Å². The van der Waals surface area contributed by atoms with Gasteiger partial charge in [0.1, 0.15) is 18.1 Å². The number of aryl methyl sites for hydroxylation is 1. The van der Waals surface area contributed by atoms with Gasteiger partial charge in [0.25, 0.3) is 0 Å². The highest BCUT2D eigenvalue weighted by molar-refractivity contribution is 6.30. The molecule has 0 atom stereocenters. The number of benzene rings is 1. The summed E-state index contributed by atoms with van der Waals surface area (Å²) in [4.78, 5) is 15.0. The van der Waals surface area contributed by atoms with Crippen LogP contribution in [0.15, 0.2) is 36.4 Å². The maximum Gasteiger partial charge on any atom is 0.172 e. The molecule has 4 heteroatoms. The summed E-state index contributed by atoms with van der Waals surface area (Å²) in [6.07, 6.45) is 0.699. The van der Waals surface area contributed by atoms with E-state index in [1.54, 1.807) is 18.2 Å². The Balaban J connectivity index is 2.10. The number of halogens is 1. The molecule has 0 aliphatic rings. The van der Waals surface area contributed by atoms with Gasteiger partial charge in [0.05, 0.1) is 0 Å². The zero-order valence-electron chi connectivity index (χ0n) is 9.89. The van der Waals surface area contributed by atoms with E-state index < -0.39 is 0 Å². The summed E-state index contributed by atoms with van der Waals surface area (Å²) in [5.41, 5.74) is 2.09. The maximum absolute atomic E-state index is 10.9. The fraction of sp³-hybridized carbons (Fsp3) is 0.143. The number of pyridine rings is 1. The summed E-state index contributed by atoms with van der Waals surface area (Å²) in [5, 5.41) is 0.685. The Morgan fingerprint density at radius 2 is 1.94 bits per heavy atom. The monoisotopic (exact) mass is 261 g/mol. The van der Waals surface area contributed by atoms with Crippen LogP contribution in [0, 0.1) is 6.92 Å². The standard InChI is InChI=1S/C14H12ClNO2/c1-10-2-7-14(13(8-17)16-10)18-9-11-3-5-12(15)6-4-11/h2-8H,9H2,1H3. The van der Waals surface area contributed by atoms with Crippen LogP contribution in [0.3, 0.4) is 0 Å². The van der Waals surface area contributed by atoms with Gasteiger partial charge in [0.2, 0.25) is 0 Å². The molecule has 2 rings (SSSR count). The first-order valence-corrected chi connectivity index (χ1v) is 5.87. The molecule has 0 fully saturated rings. The maximum atomic E-state index is 10.9. The summed E-state index contributed by atoms with van der Waals surface area (Å²) in [5.74, 6) is 0.491. The SMILES string of the molecule is Cc1ccc(OCc2ccc(Cl)cc2)c(C=O)n1. The van der Waals surface area contributed by atoms with Crippen molar-refractivity contribution in [2.24, 2.45) is 0 Å². The van der Waals surface area contributed by atoms with E-state index in [9.17, 15) is 4.79 Å². The Morgan fingerprint density at radius 1 is 1.22 bits per heavy atom. The first-order chi connectivity index (χ1) is 8.69. The zero-order chi connectivity index (χ0) is 13.0. The highest BCUT2D eigenvalue weighted by atomic mass is 35.5. The highest BCUT2D eigenvalue weighted by Crippen LogP contribution is 2.17. The lowest BCUT2D eigenvalue weighted by molar-refractivity contribution is 0.111. The molecule has 0 bridgehead atoms. The van der Waals surface area contributed by atoms with E-state index in [1.165, 1.54) is 0 Å².